The standard InChI is InChI=1S/C20H34N2O5Si/c1-19(2,3)27-18(25)22(11-12-26-28(7,8)20(4,5)6)14-15-9-10-16(17(23)24)21-13-15/h9-10,13H,11-12,14H2,1-8H3,(H,23,24). The number of aromatic carboxylic acids is 1. The smallest absolute Gasteiger partial charge is 0.410 e. The van der Waals surface area contributed by atoms with Gasteiger partial charge in [0.25, 0.3) is 0 Å². The van der Waals surface area contributed by atoms with Gasteiger partial charge in [-0.1, -0.05) is 26.8 Å². The van der Waals surface area contributed by atoms with Crippen molar-refractivity contribution in [2.45, 2.75) is 71.8 Å². The van der Waals surface area contributed by atoms with E-state index in [9.17, 15) is 9.59 Å². The minimum Gasteiger partial charge on any atom is -0.477 e. The molecule has 0 saturated carbocycles. The third-order valence-corrected chi connectivity index (χ3v) is 9.24. The Hall–Kier alpha value is -1.93. The molecular formula is C20H34N2O5Si. The Morgan fingerprint density at radius 3 is 2.18 bits per heavy atom. The molecule has 1 aromatic heterocycles. The molecule has 1 rings (SSSR count). The molecule has 0 aliphatic heterocycles. The highest BCUT2D eigenvalue weighted by Gasteiger charge is 2.37. The van der Waals surface area contributed by atoms with Gasteiger partial charge in [0.15, 0.2) is 8.32 Å². The van der Waals surface area contributed by atoms with Gasteiger partial charge in [-0.2, -0.15) is 0 Å². The SMILES string of the molecule is CC(C)(C)OC(=O)N(CCO[Si](C)(C)C(C)(C)C)Cc1ccc(C(=O)O)nc1. The summed E-state index contributed by atoms with van der Waals surface area (Å²) in [5.74, 6) is -1.08. The van der Waals surface area contributed by atoms with Gasteiger partial charge in [0.1, 0.15) is 11.3 Å². The normalized spacial score (nSPS) is 12.6. The van der Waals surface area contributed by atoms with Crippen molar-refractivity contribution >= 4 is 20.4 Å². The van der Waals surface area contributed by atoms with Crippen LogP contribution in [-0.2, 0) is 15.7 Å². The van der Waals surface area contributed by atoms with Crippen LogP contribution in [0.15, 0.2) is 18.3 Å². The first kappa shape index (κ1) is 24.1. The number of nitrogens with zero attached hydrogens (tertiary/aromatic N) is 2. The van der Waals surface area contributed by atoms with Crippen LogP contribution in [0, 0.1) is 0 Å². The highest BCUT2D eigenvalue weighted by molar-refractivity contribution is 6.74. The summed E-state index contributed by atoms with van der Waals surface area (Å²) in [6.07, 6.45) is 1.03. The first-order chi connectivity index (χ1) is 12.6. The number of carboxylic acid groups (broad SMARTS) is 1. The first-order valence-electron chi connectivity index (χ1n) is 9.42. The number of ether oxygens (including phenoxy) is 1. The van der Waals surface area contributed by atoms with E-state index < -0.39 is 26.0 Å². The van der Waals surface area contributed by atoms with Crippen LogP contribution in [0.25, 0.3) is 0 Å². The largest absolute Gasteiger partial charge is 0.477 e. The van der Waals surface area contributed by atoms with Gasteiger partial charge < -0.3 is 19.2 Å². The van der Waals surface area contributed by atoms with Gasteiger partial charge >= 0.3 is 12.1 Å². The van der Waals surface area contributed by atoms with E-state index in [4.69, 9.17) is 14.3 Å². The molecule has 1 amide bonds. The average molecular weight is 411 g/mol. The number of carbonyl (C=O) groups excluding carboxylic acids is 1. The van der Waals surface area contributed by atoms with Gasteiger partial charge in [-0.05, 0) is 50.5 Å². The molecule has 0 aromatic carbocycles. The summed E-state index contributed by atoms with van der Waals surface area (Å²) in [6.45, 7) is 17.3. The first-order valence-corrected chi connectivity index (χ1v) is 12.3. The maximum atomic E-state index is 12.6. The van der Waals surface area contributed by atoms with Crippen LogP contribution < -0.4 is 0 Å². The summed E-state index contributed by atoms with van der Waals surface area (Å²) in [5.41, 5.74) is 0.0816. The summed E-state index contributed by atoms with van der Waals surface area (Å²) < 4.78 is 11.7. The van der Waals surface area contributed by atoms with E-state index in [1.54, 1.807) is 11.0 Å². The fourth-order valence-electron chi connectivity index (χ4n) is 2.05. The van der Waals surface area contributed by atoms with Crippen molar-refractivity contribution in [2.24, 2.45) is 0 Å². The van der Waals surface area contributed by atoms with Crippen LogP contribution in [0.5, 0.6) is 0 Å². The molecule has 1 N–H and O–H groups in total. The van der Waals surface area contributed by atoms with Gasteiger partial charge in [-0.3, -0.25) is 0 Å². The molecule has 0 unspecified atom stereocenters. The van der Waals surface area contributed by atoms with Gasteiger partial charge in [0.05, 0.1) is 13.2 Å². The van der Waals surface area contributed by atoms with Crippen LogP contribution in [-0.4, -0.2) is 54.1 Å². The molecule has 0 radical (unpaired) electrons. The van der Waals surface area contributed by atoms with Crippen LogP contribution in [0.3, 0.4) is 0 Å². The predicted molar refractivity (Wildman–Crippen MR) is 111 cm³/mol. The van der Waals surface area contributed by atoms with Crippen molar-refractivity contribution in [1.82, 2.24) is 9.88 Å². The third kappa shape index (κ3) is 7.59. The zero-order valence-corrected chi connectivity index (χ0v) is 19.3. The molecule has 28 heavy (non-hydrogen) atoms. The Kier molecular flexibility index (Phi) is 7.79. The molecular weight excluding hydrogens is 376 g/mol. The lowest BCUT2D eigenvalue weighted by atomic mass is 10.2. The Labute approximate surface area is 169 Å². The average Bonchev–Trinajstić information content (AvgIpc) is 2.51. The zero-order valence-electron chi connectivity index (χ0n) is 18.3. The van der Waals surface area contributed by atoms with Crippen molar-refractivity contribution in [3.8, 4) is 0 Å². The lowest BCUT2D eigenvalue weighted by molar-refractivity contribution is 0.0205. The van der Waals surface area contributed by atoms with Gasteiger partial charge in [0.2, 0.25) is 0 Å². The summed E-state index contributed by atoms with van der Waals surface area (Å²) >= 11 is 0. The van der Waals surface area contributed by atoms with Crippen molar-refractivity contribution in [1.29, 1.82) is 0 Å². The van der Waals surface area contributed by atoms with Crippen molar-refractivity contribution in [2.75, 3.05) is 13.2 Å². The van der Waals surface area contributed by atoms with E-state index in [1.165, 1.54) is 12.3 Å². The monoisotopic (exact) mass is 410 g/mol. The highest BCUT2D eigenvalue weighted by Crippen LogP contribution is 2.36. The second-order valence-electron chi connectivity index (χ2n) is 9.37. The topological polar surface area (TPSA) is 89.0 Å². The molecule has 0 bridgehead atoms. The fraction of sp³-hybridized carbons (Fsp3) is 0.650. The Bertz CT molecular complexity index is 675. The van der Waals surface area contributed by atoms with Crippen LogP contribution in [0.1, 0.15) is 57.6 Å². The maximum absolute atomic E-state index is 12.6. The summed E-state index contributed by atoms with van der Waals surface area (Å²) in [6, 6.07) is 3.08. The molecule has 1 aromatic rings. The molecule has 0 aliphatic rings. The highest BCUT2D eigenvalue weighted by atomic mass is 28.4. The van der Waals surface area contributed by atoms with E-state index in [0.29, 0.717) is 13.2 Å². The van der Waals surface area contributed by atoms with Gasteiger partial charge in [0, 0.05) is 12.7 Å². The van der Waals surface area contributed by atoms with E-state index in [-0.39, 0.29) is 17.3 Å². The fourth-order valence-corrected chi connectivity index (χ4v) is 3.09. The van der Waals surface area contributed by atoms with E-state index in [0.717, 1.165) is 5.56 Å². The number of carbonyl (C=O) groups is 2. The van der Waals surface area contributed by atoms with Crippen molar-refractivity contribution < 1.29 is 23.9 Å². The molecule has 0 fully saturated rings. The number of hydrogen-bond acceptors (Lipinski definition) is 5. The Morgan fingerprint density at radius 2 is 1.75 bits per heavy atom. The maximum Gasteiger partial charge on any atom is 0.410 e. The molecule has 0 atom stereocenters. The number of aromatic nitrogens is 1. The lowest BCUT2D eigenvalue weighted by Crippen LogP contribution is -2.44. The molecule has 8 heteroatoms. The van der Waals surface area contributed by atoms with Crippen LogP contribution in [0.4, 0.5) is 4.79 Å². The number of carboxylic acids is 1. The molecule has 158 valence electrons. The summed E-state index contributed by atoms with van der Waals surface area (Å²) in [4.78, 5) is 29.1. The van der Waals surface area contributed by atoms with Gasteiger partial charge in [-0.15, -0.1) is 0 Å². The Balaban J connectivity index is 2.87. The lowest BCUT2D eigenvalue weighted by Gasteiger charge is -2.37. The van der Waals surface area contributed by atoms with Crippen LogP contribution in [0.2, 0.25) is 18.1 Å². The zero-order chi connectivity index (χ0) is 21.8. The number of hydrogen-bond donors (Lipinski definition) is 1. The second-order valence-corrected chi connectivity index (χ2v) is 14.2. The van der Waals surface area contributed by atoms with Crippen LogP contribution >= 0.6 is 0 Å². The van der Waals surface area contributed by atoms with Gasteiger partial charge in [-0.25, -0.2) is 14.6 Å². The molecule has 7 nitrogen and oxygen atoms in total. The van der Waals surface area contributed by atoms with E-state index >= 15 is 0 Å². The summed E-state index contributed by atoms with van der Waals surface area (Å²) in [5, 5.41) is 9.06. The number of pyridine rings is 1. The van der Waals surface area contributed by atoms with Crippen molar-refractivity contribution in [3.05, 3.63) is 29.6 Å². The van der Waals surface area contributed by atoms with E-state index in [2.05, 4.69) is 38.8 Å². The quantitative estimate of drug-likeness (QED) is 0.664. The predicted octanol–water partition coefficient (Wildman–Crippen LogP) is 4.54. The Morgan fingerprint density at radius 1 is 1.14 bits per heavy atom. The third-order valence-electron chi connectivity index (χ3n) is 4.70. The van der Waals surface area contributed by atoms with Crippen molar-refractivity contribution in [3.63, 3.8) is 0 Å². The minimum atomic E-state index is -1.92. The minimum absolute atomic E-state index is 0.0335. The second kappa shape index (κ2) is 9.04. The number of amides is 1. The summed E-state index contributed by atoms with van der Waals surface area (Å²) in [7, 11) is -1.92. The molecule has 0 spiro atoms. The molecule has 0 saturated heterocycles. The van der Waals surface area contributed by atoms with E-state index in [1.807, 2.05) is 20.8 Å². The molecule has 1 heterocycles. The molecule has 0 aliphatic carbocycles. The number of rotatable bonds is 7.